The highest BCUT2D eigenvalue weighted by molar-refractivity contribution is 6.08. The molecule has 0 bridgehead atoms. The fourth-order valence-corrected chi connectivity index (χ4v) is 3.17. The van der Waals surface area contributed by atoms with Gasteiger partial charge in [-0.2, -0.15) is 0 Å². The summed E-state index contributed by atoms with van der Waals surface area (Å²) in [7, 11) is 1.62. The SMILES string of the molecule is CNC(=O)c1ccc2c(c1)CC(C)(C)NC2=CC(=O)c1ccccc1. The van der Waals surface area contributed by atoms with Crippen LogP contribution in [0.25, 0.3) is 5.70 Å². The third kappa shape index (κ3) is 3.63. The van der Waals surface area contributed by atoms with E-state index >= 15 is 0 Å². The van der Waals surface area contributed by atoms with Gasteiger partial charge in [-0.05, 0) is 38.0 Å². The van der Waals surface area contributed by atoms with Crippen molar-refractivity contribution in [2.45, 2.75) is 25.8 Å². The Balaban J connectivity index is 2.03. The lowest BCUT2D eigenvalue weighted by Gasteiger charge is -2.35. The van der Waals surface area contributed by atoms with Gasteiger partial charge in [0.05, 0.1) is 0 Å². The van der Waals surface area contributed by atoms with E-state index in [1.807, 2.05) is 42.5 Å². The Hall–Kier alpha value is -2.88. The van der Waals surface area contributed by atoms with Crippen molar-refractivity contribution >= 4 is 17.4 Å². The van der Waals surface area contributed by atoms with E-state index in [2.05, 4.69) is 24.5 Å². The van der Waals surface area contributed by atoms with E-state index in [4.69, 9.17) is 0 Å². The maximum absolute atomic E-state index is 12.6. The van der Waals surface area contributed by atoms with Gasteiger partial charge >= 0.3 is 0 Å². The number of nitrogens with one attached hydrogen (secondary N) is 2. The summed E-state index contributed by atoms with van der Waals surface area (Å²) >= 11 is 0. The van der Waals surface area contributed by atoms with E-state index in [-0.39, 0.29) is 17.2 Å². The molecular weight excluding hydrogens is 312 g/mol. The lowest BCUT2D eigenvalue weighted by Crippen LogP contribution is -2.44. The van der Waals surface area contributed by atoms with Crippen molar-refractivity contribution in [3.8, 4) is 0 Å². The Morgan fingerprint density at radius 3 is 2.48 bits per heavy atom. The highest BCUT2D eigenvalue weighted by Crippen LogP contribution is 2.30. The standard InChI is InChI=1S/C21H22N2O2/c1-21(2)13-16-11-15(20(25)22-3)9-10-17(16)18(23-21)12-19(24)14-7-5-4-6-8-14/h4-12,23H,13H2,1-3H3,(H,22,25). The topological polar surface area (TPSA) is 58.2 Å². The van der Waals surface area contributed by atoms with Gasteiger partial charge in [-0.1, -0.05) is 36.4 Å². The predicted molar refractivity (Wildman–Crippen MR) is 99.5 cm³/mol. The van der Waals surface area contributed by atoms with E-state index in [9.17, 15) is 9.59 Å². The Bertz CT molecular complexity index is 851. The first-order valence-corrected chi connectivity index (χ1v) is 8.34. The molecule has 2 aromatic rings. The maximum Gasteiger partial charge on any atom is 0.251 e. The van der Waals surface area contributed by atoms with E-state index in [1.165, 1.54) is 0 Å². The van der Waals surface area contributed by atoms with Crippen LogP contribution in [0.1, 0.15) is 45.7 Å². The smallest absolute Gasteiger partial charge is 0.251 e. The van der Waals surface area contributed by atoms with E-state index in [1.54, 1.807) is 19.2 Å². The molecule has 0 unspecified atom stereocenters. The maximum atomic E-state index is 12.6. The second-order valence-electron chi connectivity index (χ2n) is 6.92. The molecule has 1 aliphatic rings. The summed E-state index contributed by atoms with van der Waals surface area (Å²) in [5, 5.41) is 6.10. The molecule has 0 saturated heterocycles. The summed E-state index contributed by atoms with van der Waals surface area (Å²) in [6.45, 7) is 4.17. The van der Waals surface area contributed by atoms with Crippen molar-refractivity contribution in [3.63, 3.8) is 0 Å². The second kappa shape index (κ2) is 6.55. The number of rotatable bonds is 3. The fraction of sp³-hybridized carbons (Fsp3) is 0.238. The van der Waals surface area contributed by atoms with Gasteiger partial charge in [0.1, 0.15) is 0 Å². The number of hydrogen-bond donors (Lipinski definition) is 2. The van der Waals surface area contributed by atoms with Crippen molar-refractivity contribution in [2.24, 2.45) is 0 Å². The number of amides is 1. The van der Waals surface area contributed by atoms with Crippen LogP contribution in [0.4, 0.5) is 0 Å². The average molecular weight is 334 g/mol. The van der Waals surface area contributed by atoms with Crippen molar-refractivity contribution in [1.29, 1.82) is 0 Å². The van der Waals surface area contributed by atoms with Gasteiger partial charge in [0, 0.05) is 41.1 Å². The molecule has 0 saturated carbocycles. The van der Waals surface area contributed by atoms with Crippen LogP contribution in [0.15, 0.2) is 54.6 Å². The molecule has 1 heterocycles. The third-order valence-corrected chi connectivity index (χ3v) is 4.32. The molecule has 25 heavy (non-hydrogen) atoms. The minimum Gasteiger partial charge on any atom is -0.379 e. The first-order valence-electron chi connectivity index (χ1n) is 8.34. The third-order valence-electron chi connectivity index (χ3n) is 4.32. The number of fused-ring (bicyclic) bond motifs is 1. The quantitative estimate of drug-likeness (QED) is 0.669. The lowest BCUT2D eigenvalue weighted by atomic mass is 9.84. The number of carbonyl (C=O) groups excluding carboxylic acids is 2. The molecule has 0 aliphatic carbocycles. The molecule has 4 heteroatoms. The van der Waals surface area contributed by atoms with Crippen LogP contribution in [0.3, 0.4) is 0 Å². The zero-order valence-corrected chi connectivity index (χ0v) is 14.7. The molecule has 2 N–H and O–H groups in total. The molecular formula is C21H22N2O2. The first kappa shape index (κ1) is 17.0. The van der Waals surface area contributed by atoms with Crippen molar-refractivity contribution in [3.05, 3.63) is 76.9 Å². The Kier molecular flexibility index (Phi) is 4.45. The van der Waals surface area contributed by atoms with E-state index in [0.29, 0.717) is 11.1 Å². The van der Waals surface area contributed by atoms with Crippen LogP contribution in [0, 0.1) is 0 Å². The normalized spacial score (nSPS) is 16.7. The zero-order valence-electron chi connectivity index (χ0n) is 14.7. The molecule has 1 aliphatic heterocycles. The summed E-state index contributed by atoms with van der Waals surface area (Å²) in [4.78, 5) is 24.5. The molecule has 4 nitrogen and oxygen atoms in total. The Morgan fingerprint density at radius 1 is 1.08 bits per heavy atom. The largest absolute Gasteiger partial charge is 0.379 e. The molecule has 0 aromatic heterocycles. The summed E-state index contributed by atoms with van der Waals surface area (Å²) in [6.07, 6.45) is 2.43. The van der Waals surface area contributed by atoms with Crippen LogP contribution in [-0.2, 0) is 6.42 Å². The molecule has 0 radical (unpaired) electrons. The minimum atomic E-state index is -0.197. The predicted octanol–water partition coefficient (Wildman–Crippen LogP) is 3.19. The molecule has 3 rings (SSSR count). The number of benzene rings is 2. The molecule has 0 fully saturated rings. The van der Waals surface area contributed by atoms with E-state index in [0.717, 1.165) is 23.2 Å². The lowest BCUT2D eigenvalue weighted by molar-refractivity contribution is 0.0962. The fourth-order valence-electron chi connectivity index (χ4n) is 3.17. The molecule has 0 spiro atoms. The Morgan fingerprint density at radius 2 is 1.80 bits per heavy atom. The van der Waals surface area contributed by atoms with Crippen molar-refractivity contribution in [2.75, 3.05) is 7.05 Å². The Labute approximate surface area is 148 Å². The zero-order chi connectivity index (χ0) is 18.0. The van der Waals surface area contributed by atoms with Crippen LogP contribution < -0.4 is 10.6 Å². The molecule has 128 valence electrons. The molecule has 2 aromatic carbocycles. The van der Waals surface area contributed by atoms with Gasteiger partial charge < -0.3 is 10.6 Å². The van der Waals surface area contributed by atoms with Gasteiger partial charge in [0.2, 0.25) is 0 Å². The van der Waals surface area contributed by atoms with Crippen molar-refractivity contribution in [1.82, 2.24) is 10.6 Å². The average Bonchev–Trinajstić information content (AvgIpc) is 2.60. The minimum absolute atomic E-state index is 0.0397. The second-order valence-corrected chi connectivity index (χ2v) is 6.92. The number of hydrogen-bond acceptors (Lipinski definition) is 3. The first-order chi connectivity index (χ1) is 11.9. The highest BCUT2D eigenvalue weighted by atomic mass is 16.1. The van der Waals surface area contributed by atoms with Gasteiger partial charge in [0.25, 0.3) is 5.91 Å². The van der Waals surface area contributed by atoms with Gasteiger partial charge in [-0.3, -0.25) is 9.59 Å². The summed E-state index contributed by atoms with van der Waals surface area (Å²) in [5.41, 5.74) is 3.92. The van der Waals surface area contributed by atoms with Gasteiger partial charge in [-0.15, -0.1) is 0 Å². The summed E-state index contributed by atoms with van der Waals surface area (Å²) in [5.74, 6) is -0.146. The van der Waals surface area contributed by atoms with Gasteiger partial charge in [-0.25, -0.2) is 0 Å². The molecule has 0 atom stereocenters. The summed E-state index contributed by atoms with van der Waals surface area (Å²) in [6, 6.07) is 14.8. The van der Waals surface area contributed by atoms with Crippen LogP contribution in [-0.4, -0.2) is 24.3 Å². The van der Waals surface area contributed by atoms with Crippen LogP contribution in [0.5, 0.6) is 0 Å². The highest BCUT2D eigenvalue weighted by Gasteiger charge is 2.28. The summed E-state index contributed by atoms with van der Waals surface area (Å²) < 4.78 is 0. The van der Waals surface area contributed by atoms with Crippen LogP contribution in [0.2, 0.25) is 0 Å². The number of carbonyl (C=O) groups is 2. The molecule has 1 amide bonds. The monoisotopic (exact) mass is 334 g/mol. The number of allylic oxidation sites excluding steroid dienone is 1. The van der Waals surface area contributed by atoms with Crippen molar-refractivity contribution < 1.29 is 9.59 Å². The van der Waals surface area contributed by atoms with Gasteiger partial charge in [0.15, 0.2) is 5.78 Å². The number of ketones is 1. The van der Waals surface area contributed by atoms with Crippen LogP contribution >= 0.6 is 0 Å². The van der Waals surface area contributed by atoms with E-state index < -0.39 is 0 Å².